The molecule has 0 aliphatic heterocycles. The fourth-order valence-corrected chi connectivity index (χ4v) is 5.10. The van der Waals surface area contributed by atoms with Crippen molar-refractivity contribution in [3.05, 3.63) is 126 Å². The number of rotatable bonds is 8. The van der Waals surface area contributed by atoms with Gasteiger partial charge >= 0.3 is 0 Å². The van der Waals surface area contributed by atoms with E-state index >= 15 is 0 Å². The second kappa shape index (κ2) is 11.8. The van der Waals surface area contributed by atoms with Gasteiger partial charge in [-0.2, -0.15) is 10.2 Å². The van der Waals surface area contributed by atoms with Gasteiger partial charge in [-0.3, -0.25) is 0 Å². The zero-order valence-corrected chi connectivity index (χ0v) is 22.6. The summed E-state index contributed by atoms with van der Waals surface area (Å²) in [6.07, 6.45) is 3.70. The third-order valence-electron chi connectivity index (χ3n) is 6.09. The number of nitrogens with one attached hydrogen (secondary N) is 1. The van der Waals surface area contributed by atoms with Crippen LogP contribution in [0.5, 0.6) is 5.75 Å². The molecule has 0 aliphatic rings. The summed E-state index contributed by atoms with van der Waals surface area (Å²) in [5.74, 6) is 1.37. The van der Waals surface area contributed by atoms with Crippen LogP contribution >= 0.6 is 11.3 Å². The van der Waals surface area contributed by atoms with E-state index in [-0.39, 0.29) is 0 Å². The highest BCUT2D eigenvalue weighted by molar-refractivity contribution is 7.20. The lowest BCUT2D eigenvalue weighted by atomic mass is 10.1. The Hall–Kier alpha value is -5.08. The first kappa shape index (κ1) is 25.2. The van der Waals surface area contributed by atoms with Gasteiger partial charge in [0.05, 0.1) is 28.7 Å². The van der Waals surface area contributed by atoms with Gasteiger partial charge in [-0.05, 0) is 55.5 Å². The zero-order chi connectivity index (χ0) is 27.1. The van der Waals surface area contributed by atoms with Crippen LogP contribution in [0.15, 0.2) is 126 Å². The number of nitrogens with zero attached hydrogens (tertiary/aromatic N) is 5. The summed E-state index contributed by atoms with van der Waals surface area (Å²) in [4.78, 5) is 4.80. The predicted octanol–water partition coefficient (Wildman–Crippen LogP) is 7.44. The summed E-state index contributed by atoms with van der Waals surface area (Å²) < 4.78 is 8.53. The van der Waals surface area contributed by atoms with Crippen LogP contribution < -0.4 is 10.1 Å². The van der Waals surface area contributed by atoms with Crippen molar-refractivity contribution in [3.8, 4) is 22.7 Å². The number of ether oxygens (including phenoxy) is 1. The SMILES string of the molecule is CCOc1ccc(NC(=NN=Cc2cn(-c3ccccc3)nc2-c2ccccc2)c2nc3ccccc3s2)cc1. The molecule has 8 heteroatoms. The van der Waals surface area contributed by atoms with E-state index in [1.807, 2.05) is 121 Å². The second-order valence-corrected chi connectivity index (χ2v) is 9.87. The van der Waals surface area contributed by atoms with E-state index in [4.69, 9.17) is 14.8 Å². The number of fused-ring (bicyclic) bond motifs is 1. The van der Waals surface area contributed by atoms with Gasteiger partial charge in [-0.1, -0.05) is 60.7 Å². The Morgan fingerprint density at radius 2 is 1.62 bits per heavy atom. The molecule has 0 saturated heterocycles. The van der Waals surface area contributed by atoms with E-state index in [0.717, 1.165) is 49.2 Å². The summed E-state index contributed by atoms with van der Waals surface area (Å²) in [6.45, 7) is 2.58. The summed E-state index contributed by atoms with van der Waals surface area (Å²) in [7, 11) is 0. The van der Waals surface area contributed by atoms with Crippen LogP contribution in [0.2, 0.25) is 0 Å². The number of aromatic nitrogens is 3. The minimum atomic E-state index is 0.554. The van der Waals surface area contributed by atoms with Crippen molar-refractivity contribution < 1.29 is 4.74 Å². The van der Waals surface area contributed by atoms with Crippen LogP contribution in [0.3, 0.4) is 0 Å². The molecular formula is C32H26N6OS. The fourth-order valence-electron chi connectivity index (χ4n) is 4.20. The quantitative estimate of drug-likeness (QED) is 0.123. The van der Waals surface area contributed by atoms with E-state index in [1.165, 1.54) is 0 Å². The lowest BCUT2D eigenvalue weighted by Crippen LogP contribution is -2.13. The second-order valence-electron chi connectivity index (χ2n) is 8.84. The Labute approximate surface area is 236 Å². The van der Waals surface area contributed by atoms with Gasteiger partial charge in [0.2, 0.25) is 0 Å². The van der Waals surface area contributed by atoms with Crippen molar-refractivity contribution in [2.75, 3.05) is 11.9 Å². The lowest BCUT2D eigenvalue weighted by Gasteiger charge is -2.08. The predicted molar refractivity (Wildman–Crippen MR) is 164 cm³/mol. The molecule has 2 aromatic heterocycles. The third kappa shape index (κ3) is 5.67. The van der Waals surface area contributed by atoms with Gasteiger partial charge in [-0.15, -0.1) is 16.4 Å². The van der Waals surface area contributed by atoms with E-state index in [1.54, 1.807) is 17.6 Å². The maximum absolute atomic E-state index is 5.59. The summed E-state index contributed by atoms with van der Waals surface area (Å²) in [6, 6.07) is 35.9. The van der Waals surface area contributed by atoms with Crippen LogP contribution in [0.4, 0.5) is 5.69 Å². The minimum absolute atomic E-state index is 0.554. The smallest absolute Gasteiger partial charge is 0.189 e. The monoisotopic (exact) mass is 542 g/mol. The van der Waals surface area contributed by atoms with E-state index in [2.05, 4.69) is 21.6 Å². The average Bonchev–Trinajstić information content (AvgIpc) is 3.63. The Bertz CT molecular complexity index is 1740. The van der Waals surface area contributed by atoms with Gasteiger partial charge in [0.25, 0.3) is 0 Å². The number of anilines is 1. The van der Waals surface area contributed by atoms with Crippen LogP contribution in [-0.4, -0.2) is 33.4 Å². The molecule has 0 saturated carbocycles. The lowest BCUT2D eigenvalue weighted by molar-refractivity contribution is 0.340. The molecule has 6 rings (SSSR count). The van der Waals surface area contributed by atoms with Crippen molar-refractivity contribution >= 4 is 39.3 Å². The molecule has 0 fully saturated rings. The highest BCUT2D eigenvalue weighted by atomic mass is 32.1. The minimum Gasteiger partial charge on any atom is -0.494 e. The van der Waals surface area contributed by atoms with Crippen molar-refractivity contribution in [2.24, 2.45) is 10.2 Å². The molecule has 196 valence electrons. The maximum atomic E-state index is 5.59. The number of thiazole rings is 1. The molecule has 0 amide bonds. The van der Waals surface area contributed by atoms with Gasteiger partial charge in [-0.25, -0.2) is 9.67 Å². The summed E-state index contributed by atoms with van der Waals surface area (Å²) >= 11 is 1.56. The molecule has 1 N–H and O–H groups in total. The molecule has 4 aromatic carbocycles. The van der Waals surface area contributed by atoms with Crippen LogP contribution in [-0.2, 0) is 0 Å². The first-order valence-electron chi connectivity index (χ1n) is 12.9. The van der Waals surface area contributed by atoms with Crippen molar-refractivity contribution in [1.29, 1.82) is 0 Å². The molecule has 40 heavy (non-hydrogen) atoms. The first-order valence-corrected chi connectivity index (χ1v) is 13.8. The highest BCUT2D eigenvalue weighted by Crippen LogP contribution is 2.25. The normalized spacial score (nSPS) is 11.8. The molecule has 6 aromatic rings. The molecule has 0 radical (unpaired) electrons. The zero-order valence-electron chi connectivity index (χ0n) is 21.8. The first-order chi connectivity index (χ1) is 19.8. The van der Waals surface area contributed by atoms with E-state index < -0.39 is 0 Å². The Morgan fingerprint density at radius 3 is 2.38 bits per heavy atom. The van der Waals surface area contributed by atoms with Crippen molar-refractivity contribution in [3.63, 3.8) is 0 Å². The summed E-state index contributed by atoms with van der Waals surface area (Å²) in [5, 5.41) is 18.1. The number of hydrogen-bond acceptors (Lipinski definition) is 6. The number of amidine groups is 1. The molecule has 2 heterocycles. The Balaban J connectivity index is 1.37. The number of para-hydroxylation sites is 2. The maximum Gasteiger partial charge on any atom is 0.189 e. The largest absolute Gasteiger partial charge is 0.494 e. The standard InChI is InChI=1S/C32H26N6OS/c1-2-39-27-19-17-25(18-20-27)34-31(32-35-28-15-9-10-16-29(28)40-32)36-33-21-24-22-38(26-13-7-4-8-14-26)37-30(24)23-11-5-3-6-12-23/h3-22H,2H2,1H3,(H,34,36). The van der Waals surface area contributed by atoms with Crippen molar-refractivity contribution in [2.45, 2.75) is 6.92 Å². The van der Waals surface area contributed by atoms with Gasteiger partial charge in [0.1, 0.15) is 11.4 Å². The third-order valence-corrected chi connectivity index (χ3v) is 7.13. The van der Waals surface area contributed by atoms with Gasteiger partial charge in [0, 0.05) is 23.0 Å². The van der Waals surface area contributed by atoms with E-state index in [9.17, 15) is 0 Å². The number of hydrogen-bond donors (Lipinski definition) is 1. The Kier molecular flexibility index (Phi) is 7.41. The molecule has 7 nitrogen and oxygen atoms in total. The Morgan fingerprint density at radius 1 is 0.900 bits per heavy atom. The topological polar surface area (TPSA) is 76.7 Å². The molecular weight excluding hydrogens is 516 g/mol. The van der Waals surface area contributed by atoms with Crippen LogP contribution in [0.25, 0.3) is 27.2 Å². The summed E-state index contributed by atoms with van der Waals surface area (Å²) in [5.41, 5.74) is 5.42. The average molecular weight is 543 g/mol. The number of benzene rings is 4. The van der Waals surface area contributed by atoms with Gasteiger partial charge in [0.15, 0.2) is 10.8 Å². The molecule has 0 aliphatic carbocycles. The van der Waals surface area contributed by atoms with Crippen LogP contribution in [0.1, 0.15) is 17.5 Å². The van der Waals surface area contributed by atoms with Crippen molar-refractivity contribution in [1.82, 2.24) is 14.8 Å². The fraction of sp³-hybridized carbons (Fsp3) is 0.0625. The molecule has 0 atom stereocenters. The molecule has 0 spiro atoms. The highest BCUT2D eigenvalue weighted by Gasteiger charge is 2.13. The molecule has 0 bridgehead atoms. The van der Waals surface area contributed by atoms with Gasteiger partial charge < -0.3 is 10.1 Å². The van der Waals surface area contributed by atoms with E-state index in [0.29, 0.717) is 12.4 Å². The molecule has 0 unspecified atom stereocenters. The van der Waals surface area contributed by atoms with Crippen LogP contribution in [0, 0.1) is 0 Å².